The molecule has 1 aromatic rings. The van der Waals surface area contributed by atoms with Crippen molar-refractivity contribution in [1.29, 1.82) is 0 Å². The van der Waals surface area contributed by atoms with Crippen LogP contribution in [0.3, 0.4) is 0 Å². The predicted octanol–water partition coefficient (Wildman–Crippen LogP) is -0.188. The average Bonchev–Trinajstić information content (AvgIpc) is 2.51. The summed E-state index contributed by atoms with van der Waals surface area (Å²) in [7, 11) is 1.77. The fourth-order valence-electron chi connectivity index (χ4n) is 2.08. The first kappa shape index (κ1) is 12.9. The molecule has 1 fully saturated rings. The summed E-state index contributed by atoms with van der Waals surface area (Å²) in [6.45, 7) is 3.55. The number of aromatic nitrogens is 2. The lowest BCUT2D eigenvalue weighted by atomic mass is 10.1. The van der Waals surface area contributed by atoms with Gasteiger partial charge >= 0.3 is 0 Å². The zero-order valence-electron chi connectivity index (χ0n) is 10.7. The Morgan fingerprint density at radius 3 is 3.11 bits per heavy atom. The van der Waals surface area contributed by atoms with Crippen LogP contribution in [0.15, 0.2) is 18.6 Å². The maximum Gasteiger partial charge on any atom is 0.242 e. The lowest BCUT2D eigenvalue weighted by molar-refractivity contribution is -0.134. The molecule has 0 aliphatic carbocycles. The third kappa shape index (κ3) is 2.83. The van der Waals surface area contributed by atoms with Crippen molar-refractivity contribution in [2.24, 2.45) is 0 Å². The molecule has 0 saturated carbocycles. The van der Waals surface area contributed by atoms with Crippen LogP contribution in [-0.4, -0.2) is 53.1 Å². The van der Waals surface area contributed by atoms with Gasteiger partial charge in [0.1, 0.15) is 12.4 Å². The lowest BCUT2D eigenvalue weighted by Gasteiger charge is -2.24. The van der Waals surface area contributed by atoms with Crippen molar-refractivity contribution in [2.75, 3.05) is 20.2 Å². The maximum atomic E-state index is 12.3. The van der Waals surface area contributed by atoms with E-state index in [-0.39, 0.29) is 18.1 Å². The summed E-state index contributed by atoms with van der Waals surface area (Å²) in [5.41, 5.74) is 0.836. The van der Waals surface area contributed by atoms with Crippen LogP contribution in [-0.2, 0) is 16.1 Å². The van der Waals surface area contributed by atoms with Crippen molar-refractivity contribution in [2.45, 2.75) is 25.6 Å². The van der Waals surface area contributed by atoms with Crippen LogP contribution in [0.25, 0.3) is 0 Å². The van der Waals surface area contributed by atoms with E-state index in [1.807, 2.05) is 13.0 Å². The van der Waals surface area contributed by atoms with E-state index in [0.717, 1.165) is 5.69 Å². The van der Waals surface area contributed by atoms with Crippen molar-refractivity contribution in [3.63, 3.8) is 0 Å². The number of hydrogen-bond donors (Lipinski definition) is 1. The molecule has 1 saturated heterocycles. The maximum absolute atomic E-state index is 12.3. The molecule has 2 rings (SSSR count). The number of rotatable bonds is 3. The molecule has 1 aliphatic rings. The summed E-state index contributed by atoms with van der Waals surface area (Å²) in [4.78, 5) is 22.1. The second-order valence-corrected chi connectivity index (χ2v) is 4.30. The standard InChI is InChI=1S/C12H18N4O2/c1-9-11(13-2)12(17)16(5-6-18-9)7-10-3-4-14-8-15-10/h3-4,8-9,11,13H,5-7H2,1-2H3. The van der Waals surface area contributed by atoms with Crippen molar-refractivity contribution >= 4 is 5.91 Å². The topological polar surface area (TPSA) is 67.4 Å². The van der Waals surface area contributed by atoms with Crippen LogP contribution < -0.4 is 5.32 Å². The SMILES string of the molecule is CNC1C(=O)N(Cc2ccncn2)CCOC1C. The molecule has 0 aromatic carbocycles. The van der Waals surface area contributed by atoms with Gasteiger partial charge < -0.3 is 15.0 Å². The number of ether oxygens (including phenoxy) is 1. The first-order valence-electron chi connectivity index (χ1n) is 6.05. The van der Waals surface area contributed by atoms with E-state index in [4.69, 9.17) is 4.74 Å². The molecule has 2 atom stereocenters. The Balaban J connectivity index is 2.10. The van der Waals surface area contributed by atoms with Gasteiger partial charge in [0.15, 0.2) is 0 Å². The third-order valence-corrected chi connectivity index (χ3v) is 3.10. The number of carbonyl (C=O) groups is 1. The molecule has 0 spiro atoms. The first-order valence-corrected chi connectivity index (χ1v) is 6.05. The van der Waals surface area contributed by atoms with Gasteiger partial charge in [0, 0.05) is 12.7 Å². The fourth-order valence-corrected chi connectivity index (χ4v) is 2.08. The predicted molar refractivity (Wildman–Crippen MR) is 65.7 cm³/mol. The molecule has 1 aromatic heterocycles. The zero-order chi connectivity index (χ0) is 13.0. The molecule has 1 amide bonds. The summed E-state index contributed by atoms with van der Waals surface area (Å²) in [5, 5.41) is 3.01. The van der Waals surface area contributed by atoms with Crippen LogP contribution in [0.1, 0.15) is 12.6 Å². The fraction of sp³-hybridized carbons (Fsp3) is 0.583. The van der Waals surface area contributed by atoms with E-state index in [1.54, 1.807) is 18.1 Å². The highest BCUT2D eigenvalue weighted by atomic mass is 16.5. The van der Waals surface area contributed by atoms with Crippen LogP contribution in [0.2, 0.25) is 0 Å². The summed E-state index contributed by atoms with van der Waals surface area (Å²) in [6, 6.07) is 1.52. The lowest BCUT2D eigenvalue weighted by Crippen LogP contribution is -2.48. The quantitative estimate of drug-likeness (QED) is 0.805. The van der Waals surface area contributed by atoms with Gasteiger partial charge in [-0.05, 0) is 20.0 Å². The number of amides is 1. The highest BCUT2D eigenvalue weighted by Crippen LogP contribution is 2.11. The Hall–Kier alpha value is -1.53. The third-order valence-electron chi connectivity index (χ3n) is 3.10. The van der Waals surface area contributed by atoms with E-state index in [2.05, 4.69) is 15.3 Å². The van der Waals surface area contributed by atoms with E-state index in [1.165, 1.54) is 6.33 Å². The van der Waals surface area contributed by atoms with Gasteiger partial charge in [-0.15, -0.1) is 0 Å². The van der Waals surface area contributed by atoms with Crippen molar-refractivity contribution in [1.82, 2.24) is 20.2 Å². The minimum Gasteiger partial charge on any atom is -0.374 e. The molecule has 98 valence electrons. The summed E-state index contributed by atoms with van der Waals surface area (Å²) >= 11 is 0. The van der Waals surface area contributed by atoms with Crippen molar-refractivity contribution < 1.29 is 9.53 Å². The molecule has 2 heterocycles. The molecule has 0 bridgehead atoms. The van der Waals surface area contributed by atoms with E-state index in [9.17, 15) is 4.79 Å². The summed E-state index contributed by atoms with van der Waals surface area (Å²) in [5.74, 6) is 0.0566. The molecule has 18 heavy (non-hydrogen) atoms. The van der Waals surface area contributed by atoms with Crippen molar-refractivity contribution in [3.05, 3.63) is 24.3 Å². The first-order chi connectivity index (χ1) is 8.72. The van der Waals surface area contributed by atoms with Crippen LogP contribution in [0.5, 0.6) is 0 Å². The Bertz CT molecular complexity index is 398. The number of nitrogens with zero attached hydrogens (tertiary/aromatic N) is 3. The average molecular weight is 250 g/mol. The second kappa shape index (κ2) is 5.88. The van der Waals surface area contributed by atoms with Gasteiger partial charge in [-0.3, -0.25) is 4.79 Å². The van der Waals surface area contributed by atoms with Crippen LogP contribution in [0, 0.1) is 0 Å². The largest absolute Gasteiger partial charge is 0.374 e. The highest BCUT2D eigenvalue weighted by Gasteiger charge is 2.31. The number of hydrogen-bond acceptors (Lipinski definition) is 5. The highest BCUT2D eigenvalue weighted by molar-refractivity contribution is 5.82. The van der Waals surface area contributed by atoms with Crippen LogP contribution >= 0.6 is 0 Å². The minimum absolute atomic E-state index is 0.0566. The van der Waals surface area contributed by atoms with Gasteiger partial charge in [-0.1, -0.05) is 0 Å². The normalized spacial score (nSPS) is 25.0. The number of nitrogens with one attached hydrogen (secondary N) is 1. The molecule has 6 nitrogen and oxygen atoms in total. The minimum atomic E-state index is -0.297. The Labute approximate surface area is 106 Å². The molecule has 2 unspecified atom stereocenters. The summed E-state index contributed by atoms with van der Waals surface area (Å²) in [6.07, 6.45) is 3.06. The molecule has 1 aliphatic heterocycles. The van der Waals surface area contributed by atoms with Crippen molar-refractivity contribution in [3.8, 4) is 0 Å². The van der Waals surface area contributed by atoms with Gasteiger partial charge in [-0.2, -0.15) is 0 Å². The van der Waals surface area contributed by atoms with E-state index < -0.39 is 0 Å². The summed E-state index contributed by atoms with van der Waals surface area (Å²) < 4.78 is 5.59. The smallest absolute Gasteiger partial charge is 0.242 e. The van der Waals surface area contributed by atoms with Gasteiger partial charge in [-0.25, -0.2) is 9.97 Å². The molecule has 1 N–H and O–H groups in total. The van der Waals surface area contributed by atoms with E-state index in [0.29, 0.717) is 19.7 Å². The van der Waals surface area contributed by atoms with E-state index >= 15 is 0 Å². The monoisotopic (exact) mass is 250 g/mol. The molecular formula is C12H18N4O2. The molecule has 6 heteroatoms. The molecule has 0 radical (unpaired) electrons. The van der Waals surface area contributed by atoms with Gasteiger partial charge in [0.25, 0.3) is 0 Å². The molecular weight excluding hydrogens is 232 g/mol. The van der Waals surface area contributed by atoms with Gasteiger partial charge in [0.05, 0.1) is 24.9 Å². The number of carbonyl (C=O) groups excluding carboxylic acids is 1. The van der Waals surface area contributed by atoms with Crippen LogP contribution in [0.4, 0.5) is 0 Å². The second-order valence-electron chi connectivity index (χ2n) is 4.30. The number of likely N-dealkylation sites (N-methyl/N-ethyl adjacent to an activating group) is 1. The Morgan fingerprint density at radius 1 is 1.61 bits per heavy atom. The van der Waals surface area contributed by atoms with Gasteiger partial charge in [0.2, 0.25) is 5.91 Å². The Kier molecular flexibility index (Phi) is 4.22. The Morgan fingerprint density at radius 2 is 2.44 bits per heavy atom. The zero-order valence-corrected chi connectivity index (χ0v) is 10.7.